The minimum atomic E-state index is 0.600. The molecule has 0 amide bonds. The van der Waals surface area contributed by atoms with E-state index in [1.807, 2.05) is 31.2 Å². The van der Waals surface area contributed by atoms with Crippen molar-refractivity contribution in [2.75, 3.05) is 5.43 Å². The average molecular weight is 298 g/mol. The maximum Gasteiger partial charge on any atom is 0.144 e. The van der Waals surface area contributed by atoms with Crippen molar-refractivity contribution in [1.29, 1.82) is 0 Å². The summed E-state index contributed by atoms with van der Waals surface area (Å²) >= 11 is 1.48. The summed E-state index contributed by atoms with van der Waals surface area (Å²) in [7, 11) is 0. The first-order valence-corrected chi connectivity index (χ1v) is 7.34. The number of fused-ring (bicyclic) bond motifs is 1. The van der Waals surface area contributed by atoms with Crippen LogP contribution in [0.3, 0.4) is 0 Å². The molecule has 0 aliphatic carbocycles. The van der Waals surface area contributed by atoms with Gasteiger partial charge < -0.3 is 5.43 Å². The van der Waals surface area contributed by atoms with Crippen LogP contribution in [0.2, 0.25) is 0 Å². The number of aryl methyl sites for hydroxylation is 1. The van der Waals surface area contributed by atoms with Crippen molar-refractivity contribution < 1.29 is 0 Å². The molecule has 3 rings (SSSR count). The van der Waals surface area contributed by atoms with Gasteiger partial charge in [0.05, 0.1) is 5.52 Å². The molecule has 0 unspecified atom stereocenters. The summed E-state index contributed by atoms with van der Waals surface area (Å²) in [6.07, 6.45) is 2.31. The molecule has 3 N–H and O–H groups in total. The highest BCUT2D eigenvalue weighted by molar-refractivity contribution is 7.99. The van der Waals surface area contributed by atoms with Crippen LogP contribution in [0.15, 0.2) is 46.7 Å². The molecule has 6 nitrogen and oxygen atoms in total. The van der Waals surface area contributed by atoms with Crippen LogP contribution in [-0.4, -0.2) is 19.9 Å². The number of rotatable bonds is 4. The van der Waals surface area contributed by atoms with Crippen LogP contribution in [0.1, 0.15) is 12.7 Å². The van der Waals surface area contributed by atoms with Crippen LogP contribution >= 0.6 is 11.8 Å². The second-order valence-corrected chi connectivity index (χ2v) is 5.31. The average Bonchev–Trinajstić information content (AvgIpc) is 2.55. The Morgan fingerprint density at radius 1 is 1.19 bits per heavy atom. The third-order valence-electron chi connectivity index (χ3n) is 2.92. The largest absolute Gasteiger partial charge is 0.308 e. The third-order valence-corrected chi connectivity index (χ3v) is 3.86. The van der Waals surface area contributed by atoms with Crippen LogP contribution in [0.4, 0.5) is 5.82 Å². The summed E-state index contributed by atoms with van der Waals surface area (Å²) in [4.78, 5) is 17.4. The lowest BCUT2D eigenvalue weighted by Crippen LogP contribution is -2.10. The van der Waals surface area contributed by atoms with E-state index in [2.05, 4.69) is 25.4 Å². The van der Waals surface area contributed by atoms with Gasteiger partial charge in [-0.25, -0.2) is 25.8 Å². The summed E-state index contributed by atoms with van der Waals surface area (Å²) in [5, 5.41) is 2.67. The van der Waals surface area contributed by atoms with Gasteiger partial charge in [0.2, 0.25) is 0 Å². The maximum atomic E-state index is 5.45. The minimum Gasteiger partial charge on any atom is -0.308 e. The lowest BCUT2D eigenvalue weighted by molar-refractivity contribution is 0.887. The van der Waals surface area contributed by atoms with E-state index >= 15 is 0 Å². The lowest BCUT2D eigenvalue weighted by Gasteiger charge is -2.07. The number of nitrogens with one attached hydrogen (secondary N) is 1. The van der Waals surface area contributed by atoms with Crippen LogP contribution in [0.5, 0.6) is 0 Å². The van der Waals surface area contributed by atoms with Crippen molar-refractivity contribution in [3.8, 4) is 0 Å². The molecule has 2 heterocycles. The Morgan fingerprint density at radius 2 is 2.05 bits per heavy atom. The SMILES string of the molecule is CCc1nc(NN)cc(Sc2ncnc3ccccc23)n1. The van der Waals surface area contributed by atoms with Gasteiger partial charge in [-0.05, 0) is 17.8 Å². The van der Waals surface area contributed by atoms with Crippen molar-refractivity contribution >= 4 is 28.5 Å². The minimum absolute atomic E-state index is 0.600. The van der Waals surface area contributed by atoms with Crippen LogP contribution in [0, 0.1) is 0 Å². The number of hydrogen-bond donors (Lipinski definition) is 2. The molecule has 0 aliphatic heterocycles. The number of hydrazine groups is 1. The van der Waals surface area contributed by atoms with Gasteiger partial charge in [0.15, 0.2) is 0 Å². The zero-order valence-electron chi connectivity index (χ0n) is 11.4. The number of nitrogen functional groups attached to an aromatic ring is 1. The fourth-order valence-electron chi connectivity index (χ4n) is 1.92. The highest BCUT2D eigenvalue weighted by atomic mass is 32.2. The molecule has 2 aromatic heterocycles. The normalized spacial score (nSPS) is 10.8. The van der Waals surface area contributed by atoms with E-state index in [4.69, 9.17) is 5.84 Å². The number of hydrogen-bond acceptors (Lipinski definition) is 7. The predicted octanol–water partition coefficient (Wildman–Crippen LogP) is 2.42. The van der Waals surface area contributed by atoms with Crippen molar-refractivity contribution in [1.82, 2.24) is 19.9 Å². The summed E-state index contributed by atoms with van der Waals surface area (Å²) in [5.74, 6) is 6.79. The molecule has 0 bridgehead atoms. The van der Waals surface area contributed by atoms with Gasteiger partial charge in [-0.1, -0.05) is 25.1 Å². The molecule has 0 atom stereocenters. The molecule has 21 heavy (non-hydrogen) atoms. The second kappa shape index (κ2) is 6.02. The van der Waals surface area contributed by atoms with E-state index in [0.29, 0.717) is 5.82 Å². The number of aromatic nitrogens is 4. The Kier molecular flexibility index (Phi) is 3.94. The zero-order valence-corrected chi connectivity index (χ0v) is 12.3. The van der Waals surface area contributed by atoms with Crippen molar-refractivity contribution in [3.63, 3.8) is 0 Å². The van der Waals surface area contributed by atoms with Crippen LogP contribution in [-0.2, 0) is 6.42 Å². The number of nitrogens with zero attached hydrogens (tertiary/aromatic N) is 4. The first-order chi connectivity index (χ1) is 10.3. The number of para-hydroxylation sites is 1. The Morgan fingerprint density at radius 3 is 2.86 bits per heavy atom. The molecule has 0 saturated carbocycles. The first-order valence-electron chi connectivity index (χ1n) is 6.52. The number of nitrogens with two attached hydrogens (primary N) is 1. The zero-order chi connectivity index (χ0) is 14.7. The van der Waals surface area contributed by atoms with E-state index in [1.165, 1.54) is 11.8 Å². The lowest BCUT2D eigenvalue weighted by atomic mass is 10.2. The highest BCUT2D eigenvalue weighted by Gasteiger charge is 2.09. The van der Waals surface area contributed by atoms with Crippen LogP contribution in [0.25, 0.3) is 10.9 Å². The summed E-state index contributed by atoms with van der Waals surface area (Å²) in [5.41, 5.74) is 3.48. The molecule has 3 aromatic rings. The Balaban J connectivity index is 2.02. The predicted molar refractivity (Wildman–Crippen MR) is 82.9 cm³/mol. The standard InChI is InChI=1S/C14H14N6S/c1-2-11-18-12(20-15)7-13(19-11)21-14-9-5-3-4-6-10(9)16-8-17-14/h3-8H,2,15H2,1H3,(H,18,19,20). The monoisotopic (exact) mass is 298 g/mol. The van der Waals surface area contributed by atoms with E-state index in [1.54, 1.807) is 12.4 Å². The molecule has 0 aliphatic rings. The molecule has 7 heteroatoms. The number of benzene rings is 1. The molecule has 1 aromatic carbocycles. The summed E-state index contributed by atoms with van der Waals surface area (Å²) in [6, 6.07) is 9.70. The molecule has 0 fully saturated rings. The van der Waals surface area contributed by atoms with Crippen molar-refractivity contribution in [2.24, 2.45) is 5.84 Å². The summed E-state index contributed by atoms with van der Waals surface area (Å²) in [6.45, 7) is 2.00. The Hall–Kier alpha value is -2.25. The van der Waals surface area contributed by atoms with Gasteiger partial charge in [-0.2, -0.15) is 0 Å². The van der Waals surface area contributed by atoms with Crippen molar-refractivity contribution in [2.45, 2.75) is 23.4 Å². The topological polar surface area (TPSA) is 89.6 Å². The molecule has 106 valence electrons. The fraction of sp³-hybridized carbons (Fsp3) is 0.143. The van der Waals surface area contributed by atoms with E-state index in [-0.39, 0.29) is 0 Å². The van der Waals surface area contributed by atoms with Gasteiger partial charge in [0.25, 0.3) is 0 Å². The summed E-state index contributed by atoms with van der Waals surface area (Å²) < 4.78 is 0. The quantitative estimate of drug-likeness (QED) is 0.434. The van der Waals surface area contributed by atoms with Crippen molar-refractivity contribution in [3.05, 3.63) is 42.5 Å². The highest BCUT2D eigenvalue weighted by Crippen LogP contribution is 2.30. The molecular weight excluding hydrogens is 284 g/mol. The molecule has 0 radical (unpaired) electrons. The molecular formula is C14H14N6S. The van der Waals surface area contributed by atoms with Crippen LogP contribution < -0.4 is 11.3 Å². The van der Waals surface area contributed by atoms with E-state index in [9.17, 15) is 0 Å². The molecule has 0 saturated heterocycles. The van der Waals surface area contributed by atoms with E-state index in [0.717, 1.165) is 33.2 Å². The Bertz CT molecular complexity index is 749. The van der Waals surface area contributed by atoms with Gasteiger partial charge in [0.1, 0.15) is 28.0 Å². The maximum absolute atomic E-state index is 5.45. The Labute approximate surface area is 126 Å². The fourth-order valence-corrected chi connectivity index (χ4v) is 2.82. The van der Waals surface area contributed by atoms with Gasteiger partial charge >= 0.3 is 0 Å². The van der Waals surface area contributed by atoms with Gasteiger partial charge in [0, 0.05) is 17.9 Å². The third kappa shape index (κ3) is 2.93. The first kappa shape index (κ1) is 13.7. The van der Waals surface area contributed by atoms with Gasteiger partial charge in [-0.15, -0.1) is 0 Å². The molecule has 0 spiro atoms. The van der Waals surface area contributed by atoms with Gasteiger partial charge in [-0.3, -0.25) is 0 Å². The smallest absolute Gasteiger partial charge is 0.144 e. The number of anilines is 1. The van der Waals surface area contributed by atoms with E-state index < -0.39 is 0 Å². The second-order valence-electron chi connectivity index (χ2n) is 4.30.